The highest BCUT2D eigenvalue weighted by Gasteiger charge is 2.10. The zero-order valence-electron chi connectivity index (χ0n) is 9.43. The van der Waals surface area contributed by atoms with Crippen molar-refractivity contribution < 1.29 is 0 Å². The van der Waals surface area contributed by atoms with Gasteiger partial charge in [0, 0.05) is 5.69 Å². The van der Waals surface area contributed by atoms with Gasteiger partial charge in [-0.1, -0.05) is 13.8 Å². The van der Waals surface area contributed by atoms with Gasteiger partial charge in [-0.05, 0) is 44.2 Å². The summed E-state index contributed by atoms with van der Waals surface area (Å²) in [4.78, 5) is 0. The molecule has 0 unspecified atom stereocenters. The summed E-state index contributed by atoms with van der Waals surface area (Å²) < 4.78 is 0. The van der Waals surface area contributed by atoms with Crippen molar-refractivity contribution in [1.29, 1.82) is 0 Å². The second kappa shape index (κ2) is 5.15. The first-order chi connectivity index (χ1) is 6.66. The third kappa shape index (κ3) is 2.58. The summed E-state index contributed by atoms with van der Waals surface area (Å²) in [5, 5.41) is 7.46. The van der Waals surface area contributed by atoms with Crippen molar-refractivity contribution in [2.24, 2.45) is 5.73 Å². The number of aromatic nitrogens is 2. The molecule has 0 aliphatic heterocycles. The predicted octanol–water partition coefficient (Wildman–Crippen LogP) is 2.12. The van der Waals surface area contributed by atoms with Gasteiger partial charge in [-0.2, -0.15) is 5.10 Å². The van der Waals surface area contributed by atoms with E-state index in [1.54, 1.807) is 0 Å². The second-order valence-electron chi connectivity index (χ2n) is 4.11. The Labute approximate surface area is 86.1 Å². The van der Waals surface area contributed by atoms with Gasteiger partial charge < -0.3 is 5.73 Å². The van der Waals surface area contributed by atoms with Crippen molar-refractivity contribution in [2.45, 2.75) is 46.0 Å². The fourth-order valence-corrected chi connectivity index (χ4v) is 1.70. The van der Waals surface area contributed by atoms with Gasteiger partial charge in [0.15, 0.2) is 0 Å². The van der Waals surface area contributed by atoms with Gasteiger partial charge in [0.2, 0.25) is 0 Å². The third-order valence-corrected chi connectivity index (χ3v) is 2.58. The first-order valence-electron chi connectivity index (χ1n) is 5.40. The lowest BCUT2D eigenvalue weighted by molar-refractivity contribution is 0.727. The van der Waals surface area contributed by atoms with Crippen molar-refractivity contribution in [3.8, 4) is 0 Å². The normalized spacial score (nSPS) is 11.2. The van der Waals surface area contributed by atoms with E-state index in [4.69, 9.17) is 5.73 Å². The molecule has 80 valence electrons. The lowest BCUT2D eigenvalue weighted by Crippen LogP contribution is -1.99. The fraction of sp³-hybridized carbons (Fsp3) is 0.727. The number of nitrogens with zero attached hydrogens (tertiary/aromatic N) is 1. The molecule has 3 nitrogen and oxygen atoms in total. The smallest absolute Gasteiger partial charge is 0.0679 e. The van der Waals surface area contributed by atoms with Gasteiger partial charge in [-0.25, -0.2) is 0 Å². The Hall–Kier alpha value is -0.830. The Balaban J connectivity index is 2.60. The van der Waals surface area contributed by atoms with Crippen LogP contribution in [-0.4, -0.2) is 16.7 Å². The van der Waals surface area contributed by atoms with Crippen LogP contribution < -0.4 is 5.73 Å². The number of rotatable bonds is 5. The van der Waals surface area contributed by atoms with E-state index in [0.29, 0.717) is 5.92 Å². The molecule has 0 atom stereocenters. The Kier molecular flexibility index (Phi) is 4.14. The van der Waals surface area contributed by atoms with Crippen LogP contribution in [0.4, 0.5) is 0 Å². The van der Waals surface area contributed by atoms with Crippen LogP contribution in [0.15, 0.2) is 0 Å². The Morgan fingerprint density at radius 3 is 2.57 bits per heavy atom. The van der Waals surface area contributed by atoms with Crippen molar-refractivity contribution >= 4 is 0 Å². The van der Waals surface area contributed by atoms with Crippen molar-refractivity contribution in [1.82, 2.24) is 10.2 Å². The highest BCUT2D eigenvalue weighted by molar-refractivity contribution is 5.25. The molecular formula is C11H21N3. The summed E-state index contributed by atoms with van der Waals surface area (Å²) in [7, 11) is 0. The fourth-order valence-electron chi connectivity index (χ4n) is 1.70. The summed E-state index contributed by atoms with van der Waals surface area (Å²) in [5.74, 6) is 0.509. The van der Waals surface area contributed by atoms with E-state index < -0.39 is 0 Å². The number of aromatic amines is 1. The molecule has 0 aliphatic carbocycles. The largest absolute Gasteiger partial charge is 0.330 e. The molecule has 0 amide bonds. The summed E-state index contributed by atoms with van der Waals surface area (Å²) >= 11 is 0. The summed E-state index contributed by atoms with van der Waals surface area (Å²) in [5.41, 5.74) is 9.27. The van der Waals surface area contributed by atoms with Crippen LogP contribution in [0.1, 0.15) is 49.6 Å². The van der Waals surface area contributed by atoms with Crippen LogP contribution in [0.3, 0.4) is 0 Å². The zero-order chi connectivity index (χ0) is 10.6. The lowest BCUT2D eigenvalue weighted by atomic mass is 10.0. The molecule has 3 N–H and O–H groups in total. The van der Waals surface area contributed by atoms with E-state index in [-0.39, 0.29) is 0 Å². The zero-order valence-corrected chi connectivity index (χ0v) is 9.43. The van der Waals surface area contributed by atoms with Crippen LogP contribution in [0.25, 0.3) is 0 Å². The predicted molar refractivity (Wildman–Crippen MR) is 59.4 cm³/mol. The highest BCUT2D eigenvalue weighted by atomic mass is 15.1. The number of hydrogen-bond donors (Lipinski definition) is 2. The topological polar surface area (TPSA) is 54.7 Å². The molecule has 0 saturated heterocycles. The van der Waals surface area contributed by atoms with E-state index in [0.717, 1.165) is 25.8 Å². The molecule has 0 saturated carbocycles. The molecule has 0 fully saturated rings. The first-order valence-corrected chi connectivity index (χ1v) is 5.40. The van der Waals surface area contributed by atoms with Crippen molar-refractivity contribution in [3.05, 3.63) is 17.0 Å². The monoisotopic (exact) mass is 195 g/mol. The van der Waals surface area contributed by atoms with Gasteiger partial charge in [-0.15, -0.1) is 0 Å². The standard InChI is InChI=1S/C11H21N3/c1-8(2)11-9(3)10(13-14-11)6-4-5-7-12/h8H,4-7,12H2,1-3H3,(H,13,14). The number of unbranched alkanes of at least 4 members (excludes halogenated alkanes) is 1. The second-order valence-corrected chi connectivity index (χ2v) is 4.11. The Bertz CT molecular complexity index is 276. The minimum absolute atomic E-state index is 0.509. The molecule has 0 bridgehead atoms. The molecule has 1 heterocycles. The highest BCUT2D eigenvalue weighted by Crippen LogP contribution is 2.19. The number of aryl methyl sites for hydroxylation is 1. The SMILES string of the molecule is Cc1c(C(C)C)n[nH]c1CCCCN. The van der Waals surface area contributed by atoms with Crippen LogP contribution >= 0.6 is 0 Å². The van der Waals surface area contributed by atoms with Gasteiger partial charge in [0.1, 0.15) is 0 Å². The molecule has 0 spiro atoms. The molecule has 0 radical (unpaired) electrons. The molecule has 0 aliphatic rings. The maximum atomic E-state index is 5.46. The lowest BCUT2D eigenvalue weighted by Gasteiger charge is -2.02. The van der Waals surface area contributed by atoms with Gasteiger partial charge in [-0.3, -0.25) is 5.10 Å². The summed E-state index contributed by atoms with van der Waals surface area (Å²) in [6.07, 6.45) is 3.31. The molecular weight excluding hydrogens is 174 g/mol. The Morgan fingerprint density at radius 1 is 1.36 bits per heavy atom. The molecule has 1 aromatic heterocycles. The number of H-pyrrole nitrogens is 1. The quantitative estimate of drug-likeness (QED) is 0.707. The van der Waals surface area contributed by atoms with E-state index >= 15 is 0 Å². The van der Waals surface area contributed by atoms with Gasteiger partial charge >= 0.3 is 0 Å². The maximum Gasteiger partial charge on any atom is 0.0679 e. The average molecular weight is 195 g/mol. The van der Waals surface area contributed by atoms with E-state index in [1.807, 2.05) is 0 Å². The first kappa shape index (κ1) is 11.2. The number of nitrogens with two attached hydrogens (primary N) is 1. The van der Waals surface area contributed by atoms with Crippen molar-refractivity contribution in [2.75, 3.05) is 6.54 Å². The van der Waals surface area contributed by atoms with Gasteiger partial charge in [0.25, 0.3) is 0 Å². The number of nitrogens with one attached hydrogen (secondary N) is 1. The Morgan fingerprint density at radius 2 is 2.07 bits per heavy atom. The molecule has 14 heavy (non-hydrogen) atoms. The molecule has 3 heteroatoms. The molecule has 0 aromatic carbocycles. The van der Waals surface area contributed by atoms with Crippen LogP contribution in [0.2, 0.25) is 0 Å². The van der Waals surface area contributed by atoms with E-state index in [9.17, 15) is 0 Å². The van der Waals surface area contributed by atoms with Gasteiger partial charge in [0.05, 0.1) is 5.69 Å². The summed E-state index contributed by atoms with van der Waals surface area (Å²) in [6, 6.07) is 0. The van der Waals surface area contributed by atoms with Crippen LogP contribution in [0, 0.1) is 6.92 Å². The minimum atomic E-state index is 0.509. The minimum Gasteiger partial charge on any atom is -0.330 e. The van der Waals surface area contributed by atoms with E-state index in [1.165, 1.54) is 17.0 Å². The van der Waals surface area contributed by atoms with Crippen LogP contribution in [0.5, 0.6) is 0 Å². The summed E-state index contributed by atoms with van der Waals surface area (Å²) in [6.45, 7) is 7.28. The third-order valence-electron chi connectivity index (χ3n) is 2.58. The molecule has 1 rings (SSSR count). The average Bonchev–Trinajstić information content (AvgIpc) is 2.48. The van der Waals surface area contributed by atoms with Crippen LogP contribution in [-0.2, 0) is 6.42 Å². The number of hydrogen-bond acceptors (Lipinski definition) is 2. The van der Waals surface area contributed by atoms with Crippen molar-refractivity contribution in [3.63, 3.8) is 0 Å². The molecule has 1 aromatic rings. The van der Waals surface area contributed by atoms with E-state index in [2.05, 4.69) is 31.0 Å². The maximum absolute atomic E-state index is 5.46.